The van der Waals surface area contributed by atoms with Gasteiger partial charge in [0.05, 0.1) is 24.3 Å². The molecule has 2 aromatic carbocycles. The fourth-order valence-electron chi connectivity index (χ4n) is 6.50. The van der Waals surface area contributed by atoms with E-state index in [2.05, 4.69) is 60.7 Å². The molecule has 226 valence electrons. The number of hydrogen-bond donors (Lipinski definition) is 3. The van der Waals surface area contributed by atoms with Gasteiger partial charge in [0.2, 0.25) is 17.5 Å². The number of nitrogens with one attached hydrogen (secondary N) is 2. The summed E-state index contributed by atoms with van der Waals surface area (Å²) in [7, 11) is -1.44. The van der Waals surface area contributed by atoms with Crippen molar-refractivity contribution < 1.29 is 14.1 Å². The summed E-state index contributed by atoms with van der Waals surface area (Å²) in [5.74, 6) is 0.188. The van der Waals surface area contributed by atoms with E-state index in [4.69, 9.17) is 19.9 Å². The summed E-state index contributed by atoms with van der Waals surface area (Å²) in [4.78, 5) is 21.0. The van der Waals surface area contributed by atoms with E-state index in [0.717, 1.165) is 29.6 Å². The summed E-state index contributed by atoms with van der Waals surface area (Å²) >= 11 is 0. The molecule has 5 rings (SSSR count). The van der Waals surface area contributed by atoms with Gasteiger partial charge in [-0.15, -0.1) is 0 Å². The number of aromatic nitrogens is 1. The topological polar surface area (TPSA) is 137 Å². The minimum absolute atomic E-state index is 0.195. The van der Waals surface area contributed by atoms with Crippen LogP contribution in [0.5, 0.6) is 5.88 Å². The molecule has 1 aliphatic carbocycles. The van der Waals surface area contributed by atoms with Crippen molar-refractivity contribution in [2.45, 2.75) is 63.3 Å². The fourth-order valence-corrected chi connectivity index (χ4v) is 11.2. The highest BCUT2D eigenvalue weighted by atomic mass is 28.4. The van der Waals surface area contributed by atoms with Crippen molar-refractivity contribution in [3.8, 4) is 5.88 Å². The van der Waals surface area contributed by atoms with Gasteiger partial charge >= 0.3 is 5.70 Å². The Morgan fingerprint density at radius 3 is 2.23 bits per heavy atom. The quantitative estimate of drug-likeness (QED) is 0.197. The number of nitro groups is 1. The third kappa shape index (κ3) is 5.80. The summed E-state index contributed by atoms with van der Waals surface area (Å²) in [6.07, 6.45) is 5.76. The standard InChI is InChI=1S/C32H40N6O4Si/c1-31(2,3)43(23-14-7-5-8-15-23,24-16-9-6-10-17-24)42-27-20-12-11-18-25(27)32(33)28(38(39)40)22-35-30(37-32)36-26-19-13-21-34-29(26)41-4/h5-10,13-17,19,21-22,25,27H,11-12,18,20,33H2,1-4H3,(H2,35,36,37)/t25-,27+,32?/m1/s1. The number of aliphatic imine (C=N–C) groups is 1. The van der Waals surface area contributed by atoms with Crippen molar-refractivity contribution in [2.24, 2.45) is 16.6 Å². The molecule has 1 saturated carbocycles. The number of guanidine groups is 1. The third-order valence-electron chi connectivity index (χ3n) is 8.48. The minimum Gasteiger partial charge on any atom is -0.480 e. The highest BCUT2D eigenvalue weighted by Crippen LogP contribution is 2.44. The second kappa shape index (κ2) is 12.3. The second-order valence-electron chi connectivity index (χ2n) is 12.1. The van der Waals surface area contributed by atoms with Crippen LogP contribution in [-0.2, 0) is 4.43 Å². The van der Waals surface area contributed by atoms with Crippen LogP contribution in [0.15, 0.2) is 95.9 Å². The summed E-state index contributed by atoms with van der Waals surface area (Å²) in [5.41, 5.74) is 5.81. The monoisotopic (exact) mass is 600 g/mol. The maximum absolute atomic E-state index is 12.4. The second-order valence-corrected chi connectivity index (χ2v) is 16.4. The molecule has 0 radical (unpaired) electrons. The van der Waals surface area contributed by atoms with Crippen LogP contribution >= 0.6 is 0 Å². The van der Waals surface area contributed by atoms with Gasteiger partial charge in [-0.05, 0) is 40.4 Å². The molecule has 11 heteroatoms. The minimum atomic E-state index is -2.96. The van der Waals surface area contributed by atoms with E-state index in [9.17, 15) is 10.1 Å². The lowest BCUT2D eigenvalue weighted by molar-refractivity contribution is -0.438. The molecule has 3 aromatic rings. The Hall–Kier alpha value is -4.06. The SMILES string of the molecule is COc1ncccc1NC1=NC(N)([C@@H]2CCCC[C@@H]2O[Si](c2ccccc2)(c2ccccc2)C(C)(C)C)C([N+](=O)[O-])=CN1. The predicted octanol–water partition coefficient (Wildman–Crippen LogP) is 4.37. The predicted molar refractivity (Wildman–Crippen MR) is 171 cm³/mol. The summed E-state index contributed by atoms with van der Waals surface area (Å²) in [6.45, 7) is 6.68. The van der Waals surface area contributed by atoms with Crippen LogP contribution in [0.25, 0.3) is 0 Å². The highest BCUT2D eigenvalue weighted by molar-refractivity contribution is 6.99. The Bertz CT molecular complexity index is 1450. The molecule has 1 fully saturated rings. The van der Waals surface area contributed by atoms with Crippen LogP contribution in [0.4, 0.5) is 5.69 Å². The largest absolute Gasteiger partial charge is 0.480 e. The van der Waals surface area contributed by atoms with Gasteiger partial charge in [0.15, 0.2) is 0 Å². The van der Waals surface area contributed by atoms with E-state index in [1.807, 2.05) is 36.4 Å². The van der Waals surface area contributed by atoms with Crippen molar-refractivity contribution in [1.82, 2.24) is 10.3 Å². The fraction of sp³-hybridized carbons (Fsp3) is 0.375. The molecule has 2 heterocycles. The zero-order valence-corrected chi connectivity index (χ0v) is 26.1. The first-order chi connectivity index (χ1) is 20.6. The van der Waals surface area contributed by atoms with Gasteiger partial charge in [-0.3, -0.25) is 15.8 Å². The van der Waals surface area contributed by atoms with Gasteiger partial charge in [-0.25, -0.2) is 9.98 Å². The van der Waals surface area contributed by atoms with E-state index >= 15 is 0 Å². The Morgan fingerprint density at radius 1 is 1.02 bits per heavy atom. The van der Waals surface area contributed by atoms with Gasteiger partial charge < -0.3 is 19.8 Å². The van der Waals surface area contributed by atoms with E-state index < -0.39 is 24.8 Å². The molecule has 0 saturated heterocycles. The van der Waals surface area contributed by atoms with Gasteiger partial charge in [0, 0.05) is 12.1 Å². The molecular formula is C32H40N6O4Si. The van der Waals surface area contributed by atoms with Gasteiger partial charge in [-0.1, -0.05) is 94.3 Å². The molecule has 3 atom stereocenters. The Morgan fingerprint density at radius 2 is 1.65 bits per heavy atom. The lowest BCUT2D eigenvalue weighted by Gasteiger charge is -2.49. The van der Waals surface area contributed by atoms with Crippen LogP contribution in [0.3, 0.4) is 0 Å². The number of benzene rings is 2. The number of nitrogens with two attached hydrogens (primary N) is 1. The van der Waals surface area contributed by atoms with Crippen molar-refractivity contribution >= 4 is 30.3 Å². The normalized spacial score (nSPS) is 22.5. The third-order valence-corrected chi connectivity index (χ3v) is 13.5. The molecule has 1 aliphatic heterocycles. The Balaban J connectivity index is 1.61. The maximum Gasteiger partial charge on any atom is 0.304 e. The molecule has 1 unspecified atom stereocenters. The number of ether oxygens (including phenoxy) is 1. The Labute approximate surface area is 253 Å². The van der Waals surface area contributed by atoms with Crippen molar-refractivity contribution in [3.05, 3.63) is 101 Å². The van der Waals surface area contributed by atoms with Gasteiger partial charge in [-0.2, -0.15) is 0 Å². The highest BCUT2D eigenvalue weighted by Gasteiger charge is 2.57. The molecular weight excluding hydrogens is 560 g/mol. The zero-order valence-electron chi connectivity index (χ0n) is 25.1. The number of hydrogen-bond acceptors (Lipinski definition) is 9. The van der Waals surface area contributed by atoms with Gasteiger partial charge in [0.1, 0.15) is 5.69 Å². The number of methoxy groups -OCH3 is 1. The first-order valence-electron chi connectivity index (χ1n) is 14.7. The maximum atomic E-state index is 12.4. The van der Waals surface area contributed by atoms with Crippen LogP contribution < -0.4 is 31.5 Å². The van der Waals surface area contributed by atoms with E-state index in [1.165, 1.54) is 13.3 Å². The lowest BCUT2D eigenvalue weighted by atomic mass is 9.76. The molecule has 1 aromatic heterocycles. The van der Waals surface area contributed by atoms with Crippen molar-refractivity contribution in [1.29, 1.82) is 0 Å². The van der Waals surface area contributed by atoms with Crippen molar-refractivity contribution in [3.63, 3.8) is 0 Å². The molecule has 4 N–H and O–H groups in total. The number of pyridine rings is 1. The van der Waals surface area contributed by atoms with Crippen LogP contribution in [-0.4, -0.2) is 43.1 Å². The van der Waals surface area contributed by atoms with E-state index in [1.54, 1.807) is 18.3 Å². The molecule has 0 amide bonds. The van der Waals surface area contributed by atoms with Crippen LogP contribution in [0, 0.1) is 16.0 Å². The first-order valence-corrected chi connectivity index (χ1v) is 16.6. The molecule has 0 spiro atoms. The molecule has 43 heavy (non-hydrogen) atoms. The lowest BCUT2D eigenvalue weighted by Crippen LogP contribution is -2.69. The zero-order chi connectivity index (χ0) is 30.7. The Kier molecular flexibility index (Phi) is 8.68. The average Bonchev–Trinajstić information content (AvgIpc) is 3.00. The van der Waals surface area contributed by atoms with E-state index in [0.29, 0.717) is 18.0 Å². The van der Waals surface area contributed by atoms with Crippen LogP contribution in [0.1, 0.15) is 46.5 Å². The molecule has 10 nitrogen and oxygen atoms in total. The number of anilines is 1. The number of rotatable bonds is 8. The van der Waals surface area contributed by atoms with E-state index in [-0.39, 0.29) is 22.8 Å². The molecule has 2 aliphatic rings. The molecule has 0 bridgehead atoms. The first kappa shape index (κ1) is 30.4. The van der Waals surface area contributed by atoms with Crippen LogP contribution in [0.2, 0.25) is 5.04 Å². The number of nitrogens with zero attached hydrogens (tertiary/aromatic N) is 3. The van der Waals surface area contributed by atoms with Crippen molar-refractivity contribution in [2.75, 3.05) is 12.4 Å². The average molecular weight is 601 g/mol. The van der Waals surface area contributed by atoms with Gasteiger partial charge in [0.25, 0.3) is 8.32 Å². The summed E-state index contributed by atoms with van der Waals surface area (Å²) in [5, 5.41) is 20.6. The smallest absolute Gasteiger partial charge is 0.304 e. The summed E-state index contributed by atoms with van der Waals surface area (Å²) < 4.78 is 12.9. The summed E-state index contributed by atoms with van der Waals surface area (Å²) in [6, 6.07) is 24.4.